The molecule has 5 nitrogen and oxygen atoms in total. The normalized spacial score (nSPS) is 13.5. The first kappa shape index (κ1) is 26.1. The van der Waals surface area contributed by atoms with Gasteiger partial charge in [-0.3, -0.25) is 4.55 Å². The van der Waals surface area contributed by atoms with E-state index in [1.54, 1.807) is 6.92 Å². The van der Waals surface area contributed by atoms with Crippen LogP contribution in [0.1, 0.15) is 98.3 Å². The molecule has 148 valence electrons. The molecule has 0 fully saturated rings. The predicted molar refractivity (Wildman–Crippen MR) is 103 cm³/mol. The molecule has 0 aliphatic rings. The second-order valence-corrected chi connectivity index (χ2v) is 9.34. The quantitative estimate of drug-likeness (QED) is 0.336. The maximum absolute atomic E-state index is 11.0. The van der Waals surface area contributed by atoms with Crippen molar-refractivity contribution in [3.8, 4) is 0 Å². The van der Waals surface area contributed by atoms with Crippen LogP contribution in [-0.2, 0) is 10.1 Å². The maximum atomic E-state index is 11.0. The minimum atomic E-state index is -3.90. The van der Waals surface area contributed by atoms with Gasteiger partial charge in [-0.25, -0.2) is 0 Å². The Morgan fingerprint density at radius 3 is 1.88 bits per heavy atom. The van der Waals surface area contributed by atoms with Crippen molar-refractivity contribution in [1.82, 2.24) is 5.32 Å². The molecule has 4 N–H and O–H groups in total. The molecule has 0 saturated heterocycles. The van der Waals surface area contributed by atoms with Gasteiger partial charge in [0.2, 0.25) is 0 Å². The first-order valence-electron chi connectivity index (χ1n) is 9.40. The molecule has 0 bridgehead atoms. The van der Waals surface area contributed by atoms with E-state index >= 15 is 0 Å². The summed E-state index contributed by atoms with van der Waals surface area (Å²) in [5.74, 6) is 0. The molecule has 0 aliphatic heterocycles. The van der Waals surface area contributed by atoms with Crippen LogP contribution < -0.4 is 5.32 Å². The zero-order valence-corrected chi connectivity index (χ0v) is 17.1. The highest BCUT2D eigenvalue weighted by Crippen LogP contribution is 2.16. The summed E-state index contributed by atoms with van der Waals surface area (Å²) in [6.07, 6.45) is 13.5. The topological polar surface area (TPSA) is 97.9 Å². The number of unbranched alkanes of at least 4 members (excludes halogenated alkanes) is 8. The zero-order valence-electron chi connectivity index (χ0n) is 16.2. The molecule has 0 aliphatic carbocycles. The predicted octanol–water partition coefficient (Wildman–Crippen LogP) is 4.12. The molecule has 1 atom stereocenters. The standard InChI is InChI=1S/C18H39NO3S.H2O/c1-5-6-7-8-9-10-11-12-13-15-18(3,4)19-16-14-17(2)23(20,21)22;/h17,19H,5-16H2,1-4H3,(H,20,21,22);1H2. The molecule has 1 unspecified atom stereocenters. The molecule has 0 aromatic carbocycles. The van der Waals surface area contributed by atoms with Gasteiger partial charge in [-0.05, 0) is 40.2 Å². The summed E-state index contributed by atoms with van der Waals surface area (Å²) in [7, 11) is -3.90. The second kappa shape index (κ2) is 14.0. The number of hydrogen-bond donors (Lipinski definition) is 2. The van der Waals surface area contributed by atoms with Crippen LogP contribution in [0.4, 0.5) is 0 Å². The van der Waals surface area contributed by atoms with Gasteiger partial charge >= 0.3 is 0 Å². The van der Waals surface area contributed by atoms with Gasteiger partial charge in [0, 0.05) is 5.54 Å². The van der Waals surface area contributed by atoms with Gasteiger partial charge in [-0.15, -0.1) is 0 Å². The van der Waals surface area contributed by atoms with Crippen molar-refractivity contribution in [1.29, 1.82) is 0 Å². The van der Waals surface area contributed by atoms with Crippen LogP contribution in [0.25, 0.3) is 0 Å². The lowest BCUT2D eigenvalue weighted by Crippen LogP contribution is -2.41. The summed E-state index contributed by atoms with van der Waals surface area (Å²) in [4.78, 5) is 0. The van der Waals surface area contributed by atoms with Crippen molar-refractivity contribution >= 4 is 10.1 Å². The Labute approximate surface area is 150 Å². The summed E-state index contributed by atoms with van der Waals surface area (Å²) in [5.41, 5.74) is 0.0278. The van der Waals surface area contributed by atoms with E-state index in [9.17, 15) is 8.42 Å². The lowest BCUT2D eigenvalue weighted by Gasteiger charge is -2.27. The van der Waals surface area contributed by atoms with Crippen LogP contribution in [0.2, 0.25) is 0 Å². The van der Waals surface area contributed by atoms with Gasteiger partial charge < -0.3 is 10.8 Å². The SMILES string of the molecule is CCCCCCCCCCCC(C)(C)NCCC(C)S(=O)(=O)O.O. The van der Waals surface area contributed by atoms with Crippen molar-refractivity contribution in [2.45, 2.75) is 109 Å². The van der Waals surface area contributed by atoms with E-state index in [0.29, 0.717) is 13.0 Å². The summed E-state index contributed by atoms with van der Waals surface area (Å²) < 4.78 is 30.9. The fraction of sp³-hybridized carbons (Fsp3) is 1.00. The Kier molecular flexibility index (Phi) is 15.3. The molecule has 0 radical (unpaired) electrons. The van der Waals surface area contributed by atoms with Gasteiger partial charge in [0.1, 0.15) is 0 Å². The summed E-state index contributed by atoms with van der Waals surface area (Å²) in [6, 6.07) is 0. The molecule has 0 aromatic rings. The highest BCUT2D eigenvalue weighted by Gasteiger charge is 2.20. The molecule has 0 amide bonds. The van der Waals surface area contributed by atoms with Crippen molar-refractivity contribution in [2.24, 2.45) is 0 Å². The van der Waals surface area contributed by atoms with Gasteiger partial charge in [0.25, 0.3) is 10.1 Å². The third-order valence-electron chi connectivity index (χ3n) is 4.57. The largest absolute Gasteiger partial charge is 0.412 e. The van der Waals surface area contributed by atoms with E-state index in [2.05, 4.69) is 26.1 Å². The Hall–Kier alpha value is -0.170. The van der Waals surface area contributed by atoms with Gasteiger partial charge in [0.15, 0.2) is 0 Å². The molecule has 0 rings (SSSR count). The van der Waals surface area contributed by atoms with E-state index in [0.717, 1.165) is 6.42 Å². The molecular formula is C18H41NO4S. The lowest BCUT2D eigenvalue weighted by atomic mass is 9.95. The third-order valence-corrected chi connectivity index (χ3v) is 5.82. The fourth-order valence-corrected chi connectivity index (χ4v) is 3.14. The Morgan fingerprint density at radius 1 is 0.958 bits per heavy atom. The number of hydrogen-bond acceptors (Lipinski definition) is 3. The monoisotopic (exact) mass is 367 g/mol. The average Bonchev–Trinajstić information content (AvgIpc) is 2.44. The highest BCUT2D eigenvalue weighted by atomic mass is 32.2. The zero-order chi connectivity index (χ0) is 17.8. The van der Waals surface area contributed by atoms with Gasteiger partial charge in [-0.2, -0.15) is 8.42 Å². The highest BCUT2D eigenvalue weighted by molar-refractivity contribution is 7.86. The van der Waals surface area contributed by atoms with Crippen LogP contribution in [0, 0.1) is 0 Å². The van der Waals surface area contributed by atoms with Crippen LogP contribution >= 0.6 is 0 Å². The smallest absolute Gasteiger partial charge is 0.267 e. The molecule has 6 heteroatoms. The molecular weight excluding hydrogens is 326 g/mol. The van der Waals surface area contributed by atoms with E-state index in [-0.39, 0.29) is 11.0 Å². The first-order chi connectivity index (χ1) is 10.7. The van der Waals surface area contributed by atoms with E-state index in [1.807, 2.05) is 0 Å². The Morgan fingerprint density at radius 2 is 1.42 bits per heavy atom. The van der Waals surface area contributed by atoms with Crippen LogP contribution in [0.3, 0.4) is 0 Å². The van der Waals surface area contributed by atoms with Crippen molar-refractivity contribution in [2.75, 3.05) is 6.54 Å². The van der Waals surface area contributed by atoms with Gasteiger partial charge in [0.05, 0.1) is 5.25 Å². The molecule has 0 saturated carbocycles. The molecule has 0 heterocycles. The molecule has 0 aromatic heterocycles. The number of nitrogens with one attached hydrogen (secondary N) is 1. The van der Waals surface area contributed by atoms with E-state index in [1.165, 1.54) is 57.8 Å². The molecule has 0 spiro atoms. The second-order valence-electron chi connectivity index (χ2n) is 7.50. The minimum Gasteiger partial charge on any atom is -0.412 e. The van der Waals surface area contributed by atoms with Crippen LogP contribution in [0.15, 0.2) is 0 Å². The van der Waals surface area contributed by atoms with E-state index in [4.69, 9.17) is 4.55 Å². The van der Waals surface area contributed by atoms with E-state index < -0.39 is 15.4 Å². The van der Waals surface area contributed by atoms with Crippen molar-refractivity contribution < 1.29 is 18.4 Å². The Balaban J connectivity index is 0. The minimum absolute atomic E-state index is 0. The average molecular weight is 368 g/mol. The van der Waals surface area contributed by atoms with Crippen LogP contribution in [-0.4, -0.2) is 35.8 Å². The van der Waals surface area contributed by atoms with Crippen molar-refractivity contribution in [3.05, 3.63) is 0 Å². The van der Waals surface area contributed by atoms with Gasteiger partial charge in [-0.1, -0.05) is 64.7 Å². The maximum Gasteiger partial charge on any atom is 0.267 e. The van der Waals surface area contributed by atoms with Crippen molar-refractivity contribution in [3.63, 3.8) is 0 Å². The Bertz CT molecular complexity index is 382. The fourth-order valence-electron chi connectivity index (χ4n) is 2.73. The lowest BCUT2D eigenvalue weighted by molar-refractivity contribution is 0.343. The molecule has 24 heavy (non-hydrogen) atoms. The first-order valence-corrected chi connectivity index (χ1v) is 10.9. The summed E-state index contributed by atoms with van der Waals surface area (Å²) >= 11 is 0. The number of rotatable bonds is 15. The summed E-state index contributed by atoms with van der Waals surface area (Å²) in [6.45, 7) is 8.74. The summed E-state index contributed by atoms with van der Waals surface area (Å²) in [5, 5.41) is 2.72. The van der Waals surface area contributed by atoms with Crippen LogP contribution in [0.5, 0.6) is 0 Å². The third kappa shape index (κ3) is 15.4.